The molecule has 4 heterocycles. The summed E-state index contributed by atoms with van der Waals surface area (Å²) in [5.74, 6) is -0.756. The number of rotatable bonds is 5. The second-order valence-electron chi connectivity index (χ2n) is 7.77. The van der Waals surface area contributed by atoms with Crippen molar-refractivity contribution in [1.82, 2.24) is 25.0 Å². The molecule has 1 amide bonds. The van der Waals surface area contributed by atoms with Crippen LogP contribution in [0.5, 0.6) is 0 Å². The maximum atomic E-state index is 12.6. The van der Waals surface area contributed by atoms with E-state index in [0.29, 0.717) is 17.8 Å². The maximum Gasteiger partial charge on any atom is 0.275 e. The molecule has 0 unspecified atom stereocenters. The largest absolute Gasteiger partial charge is 0.382 e. The number of amides is 1. The van der Waals surface area contributed by atoms with Crippen molar-refractivity contribution in [2.24, 2.45) is 5.92 Å². The van der Waals surface area contributed by atoms with Crippen LogP contribution in [0.4, 0.5) is 5.82 Å². The number of nitrogens with one attached hydrogen (secondary N) is 1. The van der Waals surface area contributed by atoms with Gasteiger partial charge in [0.05, 0.1) is 12.9 Å². The van der Waals surface area contributed by atoms with E-state index in [-0.39, 0.29) is 11.7 Å². The second-order valence-corrected chi connectivity index (χ2v) is 7.77. The molecule has 2 aliphatic rings. The summed E-state index contributed by atoms with van der Waals surface area (Å²) in [7, 11) is 0. The van der Waals surface area contributed by atoms with E-state index in [9.17, 15) is 4.79 Å². The molecule has 152 valence electrons. The molecule has 4 atom stereocenters. The molecule has 0 bridgehead atoms. The van der Waals surface area contributed by atoms with Gasteiger partial charge in [0.15, 0.2) is 29.6 Å². The van der Waals surface area contributed by atoms with Gasteiger partial charge in [-0.05, 0) is 19.8 Å². The normalized spacial score (nSPS) is 28.8. The van der Waals surface area contributed by atoms with Crippen molar-refractivity contribution in [3.8, 4) is 0 Å². The summed E-state index contributed by atoms with van der Waals surface area (Å²) < 4.78 is 19.7. The van der Waals surface area contributed by atoms with Crippen molar-refractivity contribution in [3.63, 3.8) is 0 Å². The van der Waals surface area contributed by atoms with E-state index in [1.165, 1.54) is 6.33 Å². The van der Waals surface area contributed by atoms with Crippen LogP contribution in [-0.2, 0) is 23.8 Å². The lowest BCUT2D eigenvalue weighted by Crippen LogP contribution is -2.43. The number of hydroxylamine groups is 1. The summed E-state index contributed by atoms with van der Waals surface area (Å²) in [6.07, 6.45) is 0.153. The molecule has 0 aliphatic carbocycles. The third kappa shape index (κ3) is 3.30. The topological polar surface area (TPSA) is 136 Å². The summed E-state index contributed by atoms with van der Waals surface area (Å²) in [5, 5.41) is 0. The number of aromatic nitrogens is 4. The van der Waals surface area contributed by atoms with Crippen LogP contribution in [0.25, 0.3) is 11.2 Å². The highest BCUT2D eigenvalue weighted by atomic mass is 16.8. The first-order valence-electron chi connectivity index (χ1n) is 9.12. The Morgan fingerprint density at radius 2 is 2.07 bits per heavy atom. The number of anilines is 1. The van der Waals surface area contributed by atoms with Crippen molar-refractivity contribution >= 4 is 22.9 Å². The minimum Gasteiger partial charge on any atom is -0.382 e. The standard InChI is InChI=1S/C17H24N6O5/c1-8(2)5-25-22-15(24)11-10-12(28-17(3,4)27-10)16(26-11)23-7-21-9-13(18)19-6-20-14(9)23/h6-8,10-12,16H,5H2,1-4H3,(H,22,24)(H2,18,19,20)/t10-,11+,12-,16-/m1/s1. The highest BCUT2D eigenvalue weighted by Crippen LogP contribution is 2.43. The first kappa shape index (κ1) is 19.0. The predicted molar refractivity (Wildman–Crippen MR) is 96.4 cm³/mol. The molecule has 2 aromatic heterocycles. The van der Waals surface area contributed by atoms with Crippen LogP contribution in [0, 0.1) is 5.92 Å². The van der Waals surface area contributed by atoms with Crippen LogP contribution >= 0.6 is 0 Å². The Labute approximate surface area is 161 Å². The van der Waals surface area contributed by atoms with Crippen LogP contribution in [0.2, 0.25) is 0 Å². The Hall–Kier alpha value is -2.34. The van der Waals surface area contributed by atoms with E-state index in [4.69, 9.17) is 24.8 Å². The lowest BCUT2D eigenvalue weighted by atomic mass is 10.1. The highest BCUT2D eigenvalue weighted by Gasteiger charge is 2.58. The smallest absolute Gasteiger partial charge is 0.275 e. The zero-order valence-electron chi connectivity index (χ0n) is 16.2. The van der Waals surface area contributed by atoms with Gasteiger partial charge in [-0.1, -0.05) is 13.8 Å². The molecule has 28 heavy (non-hydrogen) atoms. The highest BCUT2D eigenvalue weighted by molar-refractivity contribution is 5.82. The summed E-state index contributed by atoms with van der Waals surface area (Å²) in [6.45, 7) is 7.94. The molecule has 11 heteroatoms. The number of fused-ring (bicyclic) bond motifs is 2. The first-order valence-corrected chi connectivity index (χ1v) is 9.12. The Morgan fingerprint density at radius 1 is 1.32 bits per heavy atom. The Kier molecular flexibility index (Phi) is 4.70. The van der Waals surface area contributed by atoms with Crippen molar-refractivity contribution in [1.29, 1.82) is 0 Å². The molecule has 2 aliphatic heterocycles. The van der Waals surface area contributed by atoms with Crippen molar-refractivity contribution < 1.29 is 23.8 Å². The van der Waals surface area contributed by atoms with E-state index >= 15 is 0 Å². The van der Waals surface area contributed by atoms with Crippen molar-refractivity contribution in [3.05, 3.63) is 12.7 Å². The predicted octanol–water partition coefficient (Wildman–Crippen LogP) is 0.530. The number of hydrogen-bond acceptors (Lipinski definition) is 9. The molecule has 0 aromatic carbocycles. The van der Waals surface area contributed by atoms with E-state index < -0.39 is 36.2 Å². The Balaban J connectivity index is 1.61. The molecular formula is C17H24N6O5. The minimum absolute atomic E-state index is 0.263. The lowest BCUT2D eigenvalue weighted by molar-refractivity contribution is -0.200. The van der Waals surface area contributed by atoms with Crippen LogP contribution < -0.4 is 11.2 Å². The zero-order chi connectivity index (χ0) is 20.1. The van der Waals surface area contributed by atoms with Gasteiger partial charge in [0.2, 0.25) is 0 Å². The van der Waals surface area contributed by atoms with Crippen LogP contribution in [-0.4, -0.2) is 56.1 Å². The summed E-state index contributed by atoms with van der Waals surface area (Å²) in [4.78, 5) is 30.3. The number of hydrogen-bond donors (Lipinski definition) is 2. The molecular weight excluding hydrogens is 368 g/mol. The Morgan fingerprint density at radius 3 is 2.82 bits per heavy atom. The first-order chi connectivity index (χ1) is 13.3. The quantitative estimate of drug-likeness (QED) is 0.698. The molecule has 0 saturated carbocycles. The third-order valence-corrected chi connectivity index (χ3v) is 4.54. The minimum atomic E-state index is -0.916. The molecule has 11 nitrogen and oxygen atoms in total. The van der Waals surface area contributed by atoms with Gasteiger partial charge in [0.1, 0.15) is 24.1 Å². The van der Waals surface area contributed by atoms with Crippen LogP contribution in [0.3, 0.4) is 0 Å². The number of ether oxygens (including phenoxy) is 3. The van der Waals surface area contributed by atoms with Crippen molar-refractivity contribution in [2.75, 3.05) is 12.3 Å². The molecule has 0 radical (unpaired) electrons. The van der Waals surface area contributed by atoms with E-state index in [2.05, 4.69) is 20.4 Å². The average Bonchev–Trinajstić information content (AvgIpc) is 3.25. The van der Waals surface area contributed by atoms with Crippen LogP contribution in [0.1, 0.15) is 33.9 Å². The van der Waals surface area contributed by atoms with Gasteiger partial charge < -0.3 is 19.9 Å². The fraction of sp³-hybridized carbons (Fsp3) is 0.647. The fourth-order valence-corrected chi connectivity index (χ4v) is 3.41. The number of carbonyl (C=O) groups excluding carboxylic acids is 1. The van der Waals surface area contributed by atoms with Crippen LogP contribution in [0.15, 0.2) is 12.7 Å². The molecule has 4 rings (SSSR count). The van der Waals surface area contributed by atoms with E-state index in [1.807, 2.05) is 13.8 Å². The number of imidazole rings is 1. The average molecular weight is 392 g/mol. The number of nitrogen functional groups attached to an aromatic ring is 1. The van der Waals surface area contributed by atoms with Gasteiger partial charge in [0.25, 0.3) is 5.91 Å². The van der Waals surface area contributed by atoms with Gasteiger partial charge >= 0.3 is 0 Å². The van der Waals surface area contributed by atoms with E-state index in [0.717, 1.165) is 0 Å². The van der Waals surface area contributed by atoms with Gasteiger partial charge in [-0.3, -0.25) is 14.2 Å². The van der Waals surface area contributed by atoms with Gasteiger partial charge in [-0.25, -0.2) is 20.4 Å². The molecule has 2 aromatic rings. The summed E-state index contributed by atoms with van der Waals surface area (Å²) in [5.41, 5.74) is 9.25. The van der Waals surface area contributed by atoms with Crippen molar-refractivity contribution in [2.45, 2.75) is 58.0 Å². The summed E-state index contributed by atoms with van der Waals surface area (Å²) in [6, 6.07) is 0. The SMILES string of the molecule is CC(C)CONC(=O)[C@H]1O[C@@H](n2cnc3c(N)ncnc32)[C@@H]2OC(C)(C)O[C@@H]21. The second kappa shape index (κ2) is 6.92. The van der Waals surface area contributed by atoms with E-state index in [1.54, 1.807) is 24.7 Å². The maximum absolute atomic E-state index is 12.6. The van der Waals surface area contributed by atoms with Gasteiger partial charge in [-0.2, -0.15) is 0 Å². The molecule has 0 spiro atoms. The molecule has 2 saturated heterocycles. The number of carbonyl (C=O) groups is 1. The Bertz CT molecular complexity index is 884. The van der Waals surface area contributed by atoms with Gasteiger partial charge in [-0.15, -0.1) is 0 Å². The zero-order valence-corrected chi connectivity index (χ0v) is 16.2. The molecule has 3 N–H and O–H groups in total. The third-order valence-electron chi connectivity index (χ3n) is 4.54. The molecule has 2 fully saturated rings. The fourth-order valence-electron chi connectivity index (χ4n) is 3.41. The summed E-state index contributed by atoms with van der Waals surface area (Å²) >= 11 is 0. The number of nitrogens with zero attached hydrogens (tertiary/aromatic N) is 4. The lowest BCUT2D eigenvalue weighted by Gasteiger charge is -2.24. The number of nitrogens with two attached hydrogens (primary N) is 1. The monoisotopic (exact) mass is 392 g/mol. The van der Waals surface area contributed by atoms with Gasteiger partial charge in [0, 0.05) is 0 Å².